The van der Waals surface area contributed by atoms with Gasteiger partial charge in [0.2, 0.25) is 5.65 Å². The standard InChI is InChI=1S/C25H25N5O4/c1-14-10-19-20(30-22(15-6-8-34-9-7-15)27-28-23(30)24(31)26-19)11-17(14)25(32)29-12-16-4-3-5-21(33-2)18(16)13-29/h3-5,10-11,15H,6-9,12-13H2,1-2H3,(H,26,31). The second-order valence-corrected chi connectivity index (χ2v) is 9.00. The van der Waals surface area contributed by atoms with Crippen LogP contribution in [0.15, 0.2) is 35.1 Å². The molecule has 0 saturated carbocycles. The first-order valence-corrected chi connectivity index (χ1v) is 11.5. The molecule has 0 bridgehead atoms. The number of fused-ring (bicyclic) bond motifs is 4. The van der Waals surface area contributed by atoms with Gasteiger partial charge in [-0.1, -0.05) is 12.1 Å². The Morgan fingerprint density at radius 3 is 2.79 bits per heavy atom. The van der Waals surface area contributed by atoms with Crippen molar-refractivity contribution in [1.82, 2.24) is 24.5 Å². The number of carbonyl (C=O) groups is 1. The number of aromatic nitrogens is 4. The van der Waals surface area contributed by atoms with Gasteiger partial charge < -0.3 is 19.4 Å². The first-order valence-electron chi connectivity index (χ1n) is 11.5. The molecule has 6 rings (SSSR count). The van der Waals surface area contributed by atoms with Gasteiger partial charge >= 0.3 is 0 Å². The molecule has 2 aromatic carbocycles. The van der Waals surface area contributed by atoms with Gasteiger partial charge in [-0.2, -0.15) is 0 Å². The van der Waals surface area contributed by atoms with E-state index in [-0.39, 0.29) is 23.0 Å². The fraction of sp³-hybridized carbons (Fsp3) is 0.360. The molecule has 4 aromatic rings. The van der Waals surface area contributed by atoms with Crippen molar-refractivity contribution < 1.29 is 14.3 Å². The zero-order chi connectivity index (χ0) is 23.4. The average Bonchev–Trinajstić information content (AvgIpc) is 3.49. The highest BCUT2D eigenvalue weighted by atomic mass is 16.5. The molecule has 1 amide bonds. The topological polar surface area (TPSA) is 102 Å². The molecule has 0 unspecified atom stereocenters. The molecule has 4 heterocycles. The lowest BCUT2D eigenvalue weighted by atomic mass is 9.99. The number of hydrogen-bond donors (Lipinski definition) is 1. The third kappa shape index (κ3) is 3.19. The van der Waals surface area contributed by atoms with Gasteiger partial charge in [0.1, 0.15) is 11.6 Å². The first-order chi connectivity index (χ1) is 16.5. The number of aryl methyl sites for hydroxylation is 1. The van der Waals surface area contributed by atoms with E-state index in [1.54, 1.807) is 7.11 Å². The summed E-state index contributed by atoms with van der Waals surface area (Å²) in [5.41, 5.74) is 4.88. The maximum Gasteiger partial charge on any atom is 0.294 e. The third-order valence-corrected chi connectivity index (χ3v) is 6.99. The Labute approximate surface area is 195 Å². The van der Waals surface area contributed by atoms with E-state index >= 15 is 0 Å². The largest absolute Gasteiger partial charge is 0.496 e. The van der Waals surface area contributed by atoms with Crippen LogP contribution in [0.5, 0.6) is 5.75 Å². The van der Waals surface area contributed by atoms with E-state index < -0.39 is 0 Å². The van der Waals surface area contributed by atoms with Crippen LogP contribution >= 0.6 is 0 Å². The molecule has 2 aliphatic heterocycles. The molecule has 0 spiro atoms. The molecule has 0 atom stereocenters. The van der Waals surface area contributed by atoms with Crippen molar-refractivity contribution in [3.8, 4) is 5.75 Å². The van der Waals surface area contributed by atoms with Crippen LogP contribution in [0, 0.1) is 6.92 Å². The molecule has 1 saturated heterocycles. The zero-order valence-corrected chi connectivity index (χ0v) is 19.1. The average molecular weight is 460 g/mol. The van der Waals surface area contributed by atoms with E-state index in [0.717, 1.165) is 46.6 Å². The van der Waals surface area contributed by atoms with Gasteiger partial charge in [0.25, 0.3) is 11.5 Å². The predicted molar refractivity (Wildman–Crippen MR) is 125 cm³/mol. The molecule has 174 valence electrons. The smallest absolute Gasteiger partial charge is 0.294 e. The number of nitrogens with zero attached hydrogens (tertiary/aromatic N) is 4. The van der Waals surface area contributed by atoms with Crippen LogP contribution in [0.25, 0.3) is 16.7 Å². The number of nitrogens with one attached hydrogen (secondary N) is 1. The van der Waals surface area contributed by atoms with Gasteiger partial charge in [-0.25, -0.2) is 0 Å². The Balaban J connectivity index is 1.46. The summed E-state index contributed by atoms with van der Waals surface area (Å²) in [6.07, 6.45) is 1.64. The highest BCUT2D eigenvalue weighted by Gasteiger charge is 2.29. The number of amides is 1. The molecule has 9 heteroatoms. The molecule has 0 aliphatic carbocycles. The molecule has 0 radical (unpaired) electrons. The highest BCUT2D eigenvalue weighted by molar-refractivity contribution is 5.99. The summed E-state index contributed by atoms with van der Waals surface area (Å²) in [7, 11) is 1.65. The Hall–Kier alpha value is -3.72. The molecule has 2 aliphatic rings. The number of benzene rings is 2. The molecular formula is C25H25N5O4. The van der Waals surface area contributed by atoms with Gasteiger partial charge in [0.15, 0.2) is 0 Å². The van der Waals surface area contributed by atoms with Crippen LogP contribution in [0.1, 0.15) is 51.6 Å². The van der Waals surface area contributed by atoms with Crippen LogP contribution in [-0.2, 0) is 17.8 Å². The van der Waals surface area contributed by atoms with Crippen molar-refractivity contribution in [2.75, 3.05) is 20.3 Å². The Kier molecular flexibility index (Phi) is 4.88. The van der Waals surface area contributed by atoms with Crippen molar-refractivity contribution in [1.29, 1.82) is 0 Å². The second kappa shape index (κ2) is 7.95. The fourth-order valence-electron chi connectivity index (χ4n) is 5.19. The molecule has 9 nitrogen and oxygen atoms in total. The molecular weight excluding hydrogens is 434 g/mol. The minimum absolute atomic E-state index is 0.0577. The van der Waals surface area contributed by atoms with E-state index in [1.165, 1.54) is 0 Å². The van der Waals surface area contributed by atoms with Crippen molar-refractivity contribution in [3.05, 3.63) is 68.8 Å². The number of ether oxygens (including phenoxy) is 2. The minimum Gasteiger partial charge on any atom is -0.496 e. The van der Waals surface area contributed by atoms with Gasteiger partial charge in [-0.05, 0) is 49.1 Å². The molecule has 34 heavy (non-hydrogen) atoms. The number of aromatic amines is 1. The van der Waals surface area contributed by atoms with E-state index in [0.29, 0.717) is 37.4 Å². The van der Waals surface area contributed by atoms with Crippen molar-refractivity contribution in [2.45, 2.75) is 38.8 Å². The predicted octanol–water partition coefficient (Wildman–Crippen LogP) is 2.94. The number of hydrogen-bond acceptors (Lipinski definition) is 6. The Bertz CT molecular complexity index is 1500. The Morgan fingerprint density at radius 2 is 2.00 bits per heavy atom. The summed E-state index contributed by atoms with van der Waals surface area (Å²) in [5.74, 6) is 1.63. The van der Waals surface area contributed by atoms with E-state index in [4.69, 9.17) is 9.47 Å². The summed E-state index contributed by atoms with van der Waals surface area (Å²) >= 11 is 0. The summed E-state index contributed by atoms with van der Waals surface area (Å²) in [6.45, 7) is 4.23. The summed E-state index contributed by atoms with van der Waals surface area (Å²) < 4.78 is 12.8. The van der Waals surface area contributed by atoms with Crippen LogP contribution in [0.3, 0.4) is 0 Å². The minimum atomic E-state index is -0.293. The molecule has 1 N–H and O–H groups in total. The van der Waals surface area contributed by atoms with Gasteiger partial charge in [-0.15, -0.1) is 10.2 Å². The van der Waals surface area contributed by atoms with Crippen molar-refractivity contribution >= 4 is 22.6 Å². The van der Waals surface area contributed by atoms with Crippen LogP contribution < -0.4 is 10.3 Å². The molecule has 2 aromatic heterocycles. The van der Waals surface area contributed by atoms with Crippen molar-refractivity contribution in [2.24, 2.45) is 0 Å². The van der Waals surface area contributed by atoms with E-state index in [2.05, 4.69) is 15.2 Å². The number of carbonyl (C=O) groups excluding carboxylic acids is 1. The molecule has 1 fully saturated rings. The van der Waals surface area contributed by atoms with Gasteiger partial charge in [-0.3, -0.25) is 14.0 Å². The second-order valence-electron chi connectivity index (χ2n) is 9.00. The summed E-state index contributed by atoms with van der Waals surface area (Å²) in [6, 6.07) is 9.63. The fourth-order valence-corrected chi connectivity index (χ4v) is 5.19. The Morgan fingerprint density at radius 1 is 1.18 bits per heavy atom. The van der Waals surface area contributed by atoms with Crippen LogP contribution in [0.2, 0.25) is 0 Å². The quantitative estimate of drug-likeness (QED) is 0.506. The number of rotatable bonds is 3. The third-order valence-electron chi connectivity index (χ3n) is 6.99. The monoisotopic (exact) mass is 459 g/mol. The van der Waals surface area contributed by atoms with Crippen LogP contribution in [0.4, 0.5) is 0 Å². The SMILES string of the molecule is COc1cccc2c1CN(C(=O)c1cc3c(cc1C)[nH]c(=O)c1nnc(C4CCOCC4)n13)C2. The van der Waals surface area contributed by atoms with E-state index in [1.807, 2.05) is 46.6 Å². The van der Waals surface area contributed by atoms with Gasteiger partial charge in [0.05, 0.1) is 24.7 Å². The summed E-state index contributed by atoms with van der Waals surface area (Å²) in [4.78, 5) is 31.1. The van der Waals surface area contributed by atoms with Gasteiger partial charge in [0, 0.05) is 36.8 Å². The lowest BCUT2D eigenvalue weighted by Gasteiger charge is -2.21. The first kappa shape index (κ1) is 20.9. The maximum atomic E-state index is 13.7. The van der Waals surface area contributed by atoms with Crippen molar-refractivity contribution in [3.63, 3.8) is 0 Å². The van der Waals surface area contributed by atoms with E-state index in [9.17, 15) is 9.59 Å². The van der Waals surface area contributed by atoms with Crippen LogP contribution in [-0.4, -0.2) is 50.7 Å². The number of methoxy groups -OCH3 is 1. The zero-order valence-electron chi connectivity index (χ0n) is 19.1. The highest BCUT2D eigenvalue weighted by Crippen LogP contribution is 2.33. The summed E-state index contributed by atoms with van der Waals surface area (Å²) in [5, 5.41) is 8.56. The lowest BCUT2D eigenvalue weighted by Crippen LogP contribution is -2.26. The normalized spacial score (nSPS) is 16.4. The lowest BCUT2D eigenvalue weighted by molar-refractivity contribution is 0.0750. The maximum absolute atomic E-state index is 13.7. The number of H-pyrrole nitrogens is 1.